The van der Waals surface area contributed by atoms with E-state index < -0.39 is 0 Å². The van der Waals surface area contributed by atoms with Crippen LogP contribution in [0.5, 0.6) is 0 Å². The molecular formula is C16H30BrNO. The number of alkyl halides is 1. The summed E-state index contributed by atoms with van der Waals surface area (Å²) in [6.07, 6.45) is 5.56. The van der Waals surface area contributed by atoms with Gasteiger partial charge in [0.1, 0.15) is 0 Å². The summed E-state index contributed by atoms with van der Waals surface area (Å²) in [7, 11) is 0. The van der Waals surface area contributed by atoms with Crippen LogP contribution in [0.3, 0.4) is 0 Å². The summed E-state index contributed by atoms with van der Waals surface area (Å²) < 4.78 is 0. The van der Waals surface area contributed by atoms with Crippen molar-refractivity contribution in [2.24, 2.45) is 17.3 Å². The Morgan fingerprint density at radius 2 is 2.05 bits per heavy atom. The first-order valence-corrected chi connectivity index (χ1v) is 8.84. The van der Waals surface area contributed by atoms with Gasteiger partial charge in [-0.1, -0.05) is 56.5 Å². The molecule has 0 N–H and O–H groups in total. The van der Waals surface area contributed by atoms with E-state index in [1.165, 1.54) is 19.3 Å². The SMILES string of the molecule is CCCC1CCC(=O)N(CC(CBr)C(C)(C)C)CC1. The summed E-state index contributed by atoms with van der Waals surface area (Å²) in [4.78, 5) is 14.4. The predicted molar refractivity (Wildman–Crippen MR) is 85.6 cm³/mol. The van der Waals surface area contributed by atoms with E-state index in [0.29, 0.717) is 11.8 Å². The second-order valence-corrected chi connectivity index (χ2v) is 7.69. The smallest absolute Gasteiger partial charge is 0.222 e. The maximum Gasteiger partial charge on any atom is 0.222 e. The van der Waals surface area contributed by atoms with Gasteiger partial charge in [0.05, 0.1) is 0 Å². The number of rotatable bonds is 5. The number of amides is 1. The van der Waals surface area contributed by atoms with Gasteiger partial charge in [0.25, 0.3) is 0 Å². The zero-order valence-electron chi connectivity index (χ0n) is 13.0. The van der Waals surface area contributed by atoms with Crippen LogP contribution in [0, 0.1) is 17.3 Å². The molecular weight excluding hydrogens is 302 g/mol. The van der Waals surface area contributed by atoms with E-state index in [0.717, 1.165) is 37.2 Å². The lowest BCUT2D eigenvalue weighted by atomic mass is 9.81. The molecule has 3 heteroatoms. The zero-order chi connectivity index (χ0) is 14.5. The van der Waals surface area contributed by atoms with Crippen LogP contribution in [0.15, 0.2) is 0 Å². The fourth-order valence-corrected chi connectivity index (χ4v) is 3.98. The van der Waals surface area contributed by atoms with Crippen LogP contribution in [0.2, 0.25) is 0 Å². The Bertz CT molecular complexity index is 285. The highest BCUT2D eigenvalue weighted by atomic mass is 79.9. The average Bonchev–Trinajstić information content (AvgIpc) is 2.49. The molecule has 1 fully saturated rings. The predicted octanol–water partition coefficient (Wildman–Crippen LogP) is 4.47. The third kappa shape index (κ3) is 5.45. The largest absolute Gasteiger partial charge is 0.342 e. The molecule has 1 rings (SSSR count). The van der Waals surface area contributed by atoms with E-state index >= 15 is 0 Å². The van der Waals surface area contributed by atoms with Gasteiger partial charge >= 0.3 is 0 Å². The van der Waals surface area contributed by atoms with E-state index in [9.17, 15) is 4.79 Å². The number of hydrogen-bond acceptors (Lipinski definition) is 1. The van der Waals surface area contributed by atoms with E-state index in [1.54, 1.807) is 0 Å². The fraction of sp³-hybridized carbons (Fsp3) is 0.938. The third-order valence-corrected chi connectivity index (χ3v) is 5.26. The zero-order valence-corrected chi connectivity index (χ0v) is 14.6. The van der Waals surface area contributed by atoms with Crippen molar-refractivity contribution in [1.82, 2.24) is 4.90 Å². The van der Waals surface area contributed by atoms with E-state index in [2.05, 4.69) is 48.5 Å². The van der Waals surface area contributed by atoms with Crippen LogP contribution in [-0.2, 0) is 4.79 Å². The van der Waals surface area contributed by atoms with Gasteiger partial charge in [0.2, 0.25) is 5.91 Å². The van der Waals surface area contributed by atoms with Crippen molar-refractivity contribution in [1.29, 1.82) is 0 Å². The summed E-state index contributed by atoms with van der Waals surface area (Å²) in [5.41, 5.74) is 0.249. The Morgan fingerprint density at radius 3 is 2.58 bits per heavy atom. The second-order valence-electron chi connectivity index (χ2n) is 7.04. The monoisotopic (exact) mass is 331 g/mol. The Hall–Kier alpha value is -0.0500. The lowest BCUT2D eigenvalue weighted by Gasteiger charge is -2.34. The third-order valence-electron chi connectivity index (χ3n) is 4.48. The molecule has 0 aromatic carbocycles. The Kier molecular flexibility index (Phi) is 6.85. The minimum Gasteiger partial charge on any atom is -0.342 e. The average molecular weight is 332 g/mol. The van der Waals surface area contributed by atoms with Crippen LogP contribution < -0.4 is 0 Å². The summed E-state index contributed by atoms with van der Waals surface area (Å²) in [6, 6.07) is 0. The number of carbonyl (C=O) groups is 1. The van der Waals surface area contributed by atoms with Gasteiger partial charge in [-0.3, -0.25) is 4.79 Å². The van der Waals surface area contributed by atoms with Crippen LogP contribution in [0.1, 0.15) is 59.8 Å². The highest BCUT2D eigenvalue weighted by Crippen LogP contribution is 2.30. The molecule has 0 aromatic heterocycles. The quantitative estimate of drug-likeness (QED) is 0.680. The summed E-state index contributed by atoms with van der Waals surface area (Å²) in [5.74, 6) is 1.66. The molecule has 0 aromatic rings. The molecule has 1 heterocycles. The molecule has 0 saturated carbocycles. The molecule has 1 amide bonds. The van der Waals surface area contributed by atoms with E-state index in [-0.39, 0.29) is 5.41 Å². The van der Waals surface area contributed by atoms with Gasteiger partial charge in [-0.05, 0) is 30.1 Å². The van der Waals surface area contributed by atoms with Gasteiger partial charge in [0, 0.05) is 24.8 Å². The Morgan fingerprint density at radius 1 is 1.37 bits per heavy atom. The molecule has 112 valence electrons. The van der Waals surface area contributed by atoms with Crippen molar-refractivity contribution in [3.8, 4) is 0 Å². The van der Waals surface area contributed by atoms with Gasteiger partial charge < -0.3 is 4.90 Å². The maximum atomic E-state index is 12.3. The van der Waals surface area contributed by atoms with Crippen LogP contribution in [0.25, 0.3) is 0 Å². The molecule has 1 saturated heterocycles. The fourth-order valence-electron chi connectivity index (χ4n) is 2.80. The van der Waals surface area contributed by atoms with Crippen molar-refractivity contribution in [2.75, 3.05) is 18.4 Å². The first kappa shape index (κ1) is 17.0. The molecule has 2 nitrogen and oxygen atoms in total. The standard InChI is InChI=1S/C16H30BrNO/c1-5-6-13-7-8-15(19)18(10-9-13)12-14(11-17)16(2,3)4/h13-14H,5-12H2,1-4H3. The normalized spacial score (nSPS) is 23.3. The molecule has 1 aliphatic rings. The highest BCUT2D eigenvalue weighted by molar-refractivity contribution is 9.09. The van der Waals surface area contributed by atoms with Gasteiger partial charge in [-0.2, -0.15) is 0 Å². The lowest BCUT2D eigenvalue weighted by Crippen LogP contribution is -2.39. The molecule has 19 heavy (non-hydrogen) atoms. The summed E-state index contributed by atoms with van der Waals surface area (Å²) in [5, 5.41) is 0.971. The topological polar surface area (TPSA) is 20.3 Å². The Labute approximate surface area is 127 Å². The first-order valence-electron chi connectivity index (χ1n) is 7.72. The van der Waals surface area contributed by atoms with Crippen LogP contribution >= 0.6 is 15.9 Å². The maximum absolute atomic E-state index is 12.3. The number of carbonyl (C=O) groups excluding carboxylic acids is 1. The summed E-state index contributed by atoms with van der Waals surface area (Å²) >= 11 is 3.62. The van der Waals surface area contributed by atoms with Crippen LogP contribution in [0.4, 0.5) is 0 Å². The van der Waals surface area contributed by atoms with Crippen molar-refractivity contribution in [3.05, 3.63) is 0 Å². The molecule has 0 bridgehead atoms. The van der Waals surface area contributed by atoms with Crippen molar-refractivity contribution in [3.63, 3.8) is 0 Å². The molecule has 2 unspecified atom stereocenters. The van der Waals surface area contributed by atoms with E-state index in [4.69, 9.17) is 0 Å². The number of likely N-dealkylation sites (tertiary alicyclic amines) is 1. The minimum absolute atomic E-state index is 0.249. The molecule has 1 aliphatic heterocycles. The Balaban J connectivity index is 2.59. The number of nitrogens with zero attached hydrogens (tertiary/aromatic N) is 1. The van der Waals surface area contributed by atoms with Crippen molar-refractivity contribution < 1.29 is 4.79 Å². The molecule has 2 atom stereocenters. The molecule has 0 aliphatic carbocycles. The second kappa shape index (κ2) is 7.66. The number of halogens is 1. The molecule has 0 radical (unpaired) electrons. The van der Waals surface area contributed by atoms with Gasteiger partial charge in [-0.25, -0.2) is 0 Å². The van der Waals surface area contributed by atoms with Gasteiger partial charge in [-0.15, -0.1) is 0 Å². The minimum atomic E-state index is 0.249. The lowest BCUT2D eigenvalue weighted by molar-refractivity contribution is -0.131. The summed E-state index contributed by atoms with van der Waals surface area (Å²) in [6.45, 7) is 10.9. The van der Waals surface area contributed by atoms with Gasteiger partial charge in [0.15, 0.2) is 0 Å². The number of hydrogen-bond donors (Lipinski definition) is 0. The molecule has 0 spiro atoms. The van der Waals surface area contributed by atoms with E-state index in [1.807, 2.05) is 0 Å². The van der Waals surface area contributed by atoms with Crippen molar-refractivity contribution in [2.45, 2.75) is 59.8 Å². The highest BCUT2D eigenvalue weighted by Gasteiger charge is 2.29. The first-order chi connectivity index (χ1) is 8.88. The van der Waals surface area contributed by atoms with Crippen molar-refractivity contribution >= 4 is 21.8 Å². The van der Waals surface area contributed by atoms with Crippen LogP contribution in [-0.4, -0.2) is 29.2 Å².